The van der Waals surface area contributed by atoms with Crippen molar-refractivity contribution in [2.24, 2.45) is 0 Å². The summed E-state index contributed by atoms with van der Waals surface area (Å²) < 4.78 is 5.34. The molecule has 3 aromatic rings. The molecule has 0 saturated carbocycles. The molecule has 5 heteroatoms. The maximum Gasteiger partial charge on any atom is 0.260 e. The first-order valence-corrected chi connectivity index (χ1v) is 6.52. The average Bonchev–Trinajstić information content (AvgIpc) is 2.97. The fourth-order valence-corrected chi connectivity index (χ4v) is 2.16. The van der Waals surface area contributed by atoms with Gasteiger partial charge in [0.15, 0.2) is 0 Å². The first-order chi connectivity index (χ1) is 9.78. The number of aromatic nitrogens is 2. The molecule has 100 valence electrons. The standard InChI is InChI=1S/C15H12ClN3O/c1-17-13-8-3-2-7-12(13)15-18-14(19-20-15)10-5-4-6-11(16)9-10/h2-9,17H,1H3. The largest absolute Gasteiger partial charge is 0.387 e. The third-order valence-corrected chi connectivity index (χ3v) is 3.17. The van der Waals surface area contributed by atoms with Crippen LogP contribution in [0.1, 0.15) is 0 Å². The number of hydrogen-bond acceptors (Lipinski definition) is 4. The highest BCUT2D eigenvalue weighted by molar-refractivity contribution is 6.30. The third-order valence-electron chi connectivity index (χ3n) is 2.94. The van der Waals surface area contributed by atoms with Gasteiger partial charge in [0.05, 0.1) is 5.56 Å². The Morgan fingerprint density at radius 3 is 2.75 bits per heavy atom. The summed E-state index contributed by atoms with van der Waals surface area (Å²) in [5.41, 5.74) is 2.64. The van der Waals surface area contributed by atoms with Crippen molar-refractivity contribution in [2.45, 2.75) is 0 Å². The fraction of sp³-hybridized carbons (Fsp3) is 0.0667. The topological polar surface area (TPSA) is 51.0 Å². The number of nitrogens with zero attached hydrogens (tertiary/aromatic N) is 2. The summed E-state index contributed by atoms with van der Waals surface area (Å²) in [5.74, 6) is 0.998. The third kappa shape index (κ3) is 2.38. The Kier molecular flexibility index (Phi) is 3.39. The molecular formula is C15H12ClN3O. The van der Waals surface area contributed by atoms with Gasteiger partial charge in [-0.3, -0.25) is 0 Å². The van der Waals surface area contributed by atoms with E-state index in [1.165, 1.54) is 0 Å². The number of anilines is 1. The summed E-state index contributed by atoms with van der Waals surface area (Å²) in [6.45, 7) is 0. The summed E-state index contributed by atoms with van der Waals surface area (Å²) in [6.07, 6.45) is 0. The van der Waals surface area contributed by atoms with E-state index in [1.807, 2.05) is 49.5 Å². The van der Waals surface area contributed by atoms with Crippen LogP contribution in [0.2, 0.25) is 5.02 Å². The Labute approximate surface area is 121 Å². The van der Waals surface area contributed by atoms with Crippen LogP contribution in [0.5, 0.6) is 0 Å². The van der Waals surface area contributed by atoms with E-state index in [9.17, 15) is 0 Å². The van der Waals surface area contributed by atoms with Gasteiger partial charge in [0, 0.05) is 23.3 Å². The van der Waals surface area contributed by atoms with Crippen molar-refractivity contribution in [1.29, 1.82) is 0 Å². The summed E-state index contributed by atoms with van der Waals surface area (Å²) in [4.78, 5) is 4.42. The molecule has 0 aliphatic carbocycles. The normalized spacial score (nSPS) is 10.5. The van der Waals surface area contributed by atoms with Crippen molar-refractivity contribution in [3.8, 4) is 22.8 Å². The van der Waals surface area contributed by atoms with E-state index in [2.05, 4.69) is 15.5 Å². The molecule has 0 aliphatic rings. The molecule has 0 spiro atoms. The SMILES string of the molecule is CNc1ccccc1-c1nc(-c2cccc(Cl)c2)no1. The lowest BCUT2D eigenvalue weighted by Crippen LogP contribution is -1.91. The van der Waals surface area contributed by atoms with E-state index in [0.29, 0.717) is 16.7 Å². The van der Waals surface area contributed by atoms with Gasteiger partial charge in [-0.15, -0.1) is 0 Å². The minimum absolute atomic E-state index is 0.477. The molecule has 2 aromatic carbocycles. The molecule has 0 bridgehead atoms. The second-order valence-corrected chi connectivity index (χ2v) is 4.67. The van der Waals surface area contributed by atoms with Gasteiger partial charge >= 0.3 is 0 Å². The van der Waals surface area contributed by atoms with Crippen LogP contribution >= 0.6 is 11.6 Å². The van der Waals surface area contributed by atoms with Gasteiger partial charge in [-0.05, 0) is 24.3 Å². The Morgan fingerprint density at radius 2 is 1.95 bits per heavy atom. The van der Waals surface area contributed by atoms with Gasteiger partial charge in [-0.2, -0.15) is 4.98 Å². The highest BCUT2D eigenvalue weighted by atomic mass is 35.5. The number of rotatable bonds is 3. The quantitative estimate of drug-likeness (QED) is 0.787. The Hall–Kier alpha value is -2.33. The molecule has 4 nitrogen and oxygen atoms in total. The van der Waals surface area contributed by atoms with Gasteiger partial charge in [-0.1, -0.05) is 41.0 Å². The first-order valence-electron chi connectivity index (χ1n) is 6.15. The van der Waals surface area contributed by atoms with Gasteiger partial charge in [-0.25, -0.2) is 0 Å². The van der Waals surface area contributed by atoms with Crippen LogP contribution in [0, 0.1) is 0 Å². The zero-order valence-electron chi connectivity index (χ0n) is 10.8. The minimum atomic E-state index is 0.477. The molecule has 0 radical (unpaired) electrons. The van der Waals surface area contributed by atoms with Crippen LogP contribution in [0.15, 0.2) is 53.1 Å². The molecule has 0 fully saturated rings. The van der Waals surface area contributed by atoms with Gasteiger partial charge in [0.2, 0.25) is 5.82 Å². The summed E-state index contributed by atoms with van der Waals surface area (Å²) in [6, 6.07) is 15.1. The molecule has 1 aromatic heterocycles. The van der Waals surface area contributed by atoms with Crippen molar-refractivity contribution < 1.29 is 4.52 Å². The van der Waals surface area contributed by atoms with Crippen molar-refractivity contribution in [1.82, 2.24) is 10.1 Å². The zero-order chi connectivity index (χ0) is 13.9. The molecule has 0 amide bonds. The predicted octanol–water partition coefficient (Wildman–Crippen LogP) is 4.10. The Bertz CT molecular complexity index is 739. The maximum absolute atomic E-state index is 5.97. The second-order valence-electron chi connectivity index (χ2n) is 4.23. The fourth-order valence-electron chi connectivity index (χ4n) is 1.97. The molecule has 1 N–H and O–H groups in total. The van der Waals surface area contributed by atoms with Crippen LogP contribution in [0.3, 0.4) is 0 Å². The summed E-state index contributed by atoms with van der Waals surface area (Å²) in [7, 11) is 1.85. The molecular weight excluding hydrogens is 274 g/mol. The number of hydrogen-bond donors (Lipinski definition) is 1. The van der Waals surface area contributed by atoms with Gasteiger partial charge in [0.25, 0.3) is 5.89 Å². The van der Waals surface area contributed by atoms with E-state index >= 15 is 0 Å². The van der Waals surface area contributed by atoms with Crippen molar-refractivity contribution in [3.63, 3.8) is 0 Å². The lowest BCUT2D eigenvalue weighted by atomic mass is 10.1. The number of benzene rings is 2. The van der Waals surface area contributed by atoms with Crippen LogP contribution in [-0.2, 0) is 0 Å². The molecule has 0 atom stereocenters. The van der Waals surface area contributed by atoms with Gasteiger partial charge in [0.1, 0.15) is 0 Å². The lowest BCUT2D eigenvalue weighted by molar-refractivity contribution is 0.432. The van der Waals surface area contributed by atoms with Crippen LogP contribution < -0.4 is 5.32 Å². The number of halogens is 1. The molecule has 0 aliphatic heterocycles. The van der Waals surface area contributed by atoms with Crippen molar-refractivity contribution in [3.05, 3.63) is 53.6 Å². The van der Waals surface area contributed by atoms with E-state index in [0.717, 1.165) is 16.8 Å². The number of nitrogens with one attached hydrogen (secondary N) is 1. The Morgan fingerprint density at radius 1 is 1.10 bits per heavy atom. The zero-order valence-corrected chi connectivity index (χ0v) is 11.6. The average molecular weight is 286 g/mol. The monoisotopic (exact) mass is 285 g/mol. The van der Waals surface area contributed by atoms with Crippen LogP contribution in [0.25, 0.3) is 22.8 Å². The highest BCUT2D eigenvalue weighted by Gasteiger charge is 2.13. The van der Waals surface area contributed by atoms with Crippen LogP contribution in [0.4, 0.5) is 5.69 Å². The number of para-hydroxylation sites is 1. The van der Waals surface area contributed by atoms with E-state index in [1.54, 1.807) is 6.07 Å². The van der Waals surface area contributed by atoms with Crippen molar-refractivity contribution >= 4 is 17.3 Å². The summed E-state index contributed by atoms with van der Waals surface area (Å²) >= 11 is 5.97. The molecule has 0 saturated heterocycles. The van der Waals surface area contributed by atoms with E-state index in [-0.39, 0.29) is 0 Å². The molecule has 3 rings (SSSR count). The second kappa shape index (κ2) is 5.35. The maximum atomic E-state index is 5.97. The highest BCUT2D eigenvalue weighted by Crippen LogP contribution is 2.28. The molecule has 0 unspecified atom stereocenters. The predicted molar refractivity (Wildman–Crippen MR) is 79.7 cm³/mol. The summed E-state index contributed by atoms with van der Waals surface area (Å²) in [5, 5.41) is 7.75. The minimum Gasteiger partial charge on any atom is -0.387 e. The van der Waals surface area contributed by atoms with Crippen molar-refractivity contribution in [2.75, 3.05) is 12.4 Å². The van der Waals surface area contributed by atoms with Gasteiger partial charge < -0.3 is 9.84 Å². The van der Waals surface area contributed by atoms with Crippen LogP contribution in [-0.4, -0.2) is 17.2 Å². The smallest absolute Gasteiger partial charge is 0.260 e. The molecule has 1 heterocycles. The first kappa shape index (κ1) is 12.7. The van der Waals surface area contributed by atoms with E-state index in [4.69, 9.17) is 16.1 Å². The van der Waals surface area contributed by atoms with E-state index < -0.39 is 0 Å². The lowest BCUT2D eigenvalue weighted by Gasteiger charge is -2.03. The molecule has 20 heavy (non-hydrogen) atoms. The Balaban J connectivity index is 2.02.